The van der Waals surface area contributed by atoms with E-state index in [-0.39, 0.29) is 4.83 Å². The van der Waals surface area contributed by atoms with Gasteiger partial charge in [0.1, 0.15) is 0 Å². The van der Waals surface area contributed by atoms with Crippen molar-refractivity contribution >= 4 is 21.8 Å². The Morgan fingerprint density at radius 1 is 1.27 bits per heavy atom. The molecule has 15 heavy (non-hydrogen) atoms. The van der Waals surface area contributed by atoms with Crippen LogP contribution in [-0.2, 0) is 4.79 Å². The SMILES string of the molecule is O=C1C(Br)CCN1CCCC1CCCC1. The average molecular weight is 274 g/mol. The third-order valence-corrected chi connectivity index (χ3v) is 4.60. The standard InChI is InChI=1S/C12H20BrNO/c13-11-7-9-14(12(11)15)8-3-6-10-4-1-2-5-10/h10-11H,1-9H2. The van der Waals surface area contributed by atoms with E-state index in [1.165, 1.54) is 38.5 Å². The van der Waals surface area contributed by atoms with Crippen molar-refractivity contribution in [2.75, 3.05) is 13.1 Å². The number of nitrogens with zero attached hydrogens (tertiary/aromatic N) is 1. The van der Waals surface area contributed by atoms with Crippen molar-refractivity contribution in [3.63, 3.8) is 0 Å². The molecule has 0 aromatic rings. The fourth-order valence-electron chi connectivity index (χ4n) is 2.79. The maximum absolute atomic E-state index is 11.6. The molecule has 1 atom stereocenters. The Balaban J connectivity index is 1.63. The lowest BCUT2D eigenvalue weighted by molar-refractivity contribution is -0.127. The second kappa shape index (κ2) is 5.33. The lowest BCUT2D eigenvalue weighted by Gasteiger charge is -2.17. The zero-order valence-electron chi connectivity index (χ0n) is 9.25. The summed E-state index contributed by atoms with van der Waals surface area (Å²) in [4.78, 5) is 13.7. The molecule has 2 fully saturated rings. The summed E-state index contributed by atoms with van der Waals surface area (Å²) in [5, 5.41) is 0. The Morgan fingerprint density at radius 2 is 2.00 bits per heavy atom. The Hall–Kier alpha value is -0.0500. The van der Waals surface area contributed by atoms with Gasteiger partial charge in [-0.3, -0.25) is 4.79 Å². The number of halogens is 1. The van der Waals surface area contributed by atoms with Crippen molar-refractivity contribution in [1.82, 2.24) is 4.90 Å². The first kappa shape index (κ1) is 11.4. The highest BCUT2D eigenvalue weighted by Crippen LogP contribution is 2.29. The number of hydrogen-bond donors (Lipinski definition) is 0. The Bertz CT molecular complexity index is 226. The first-order valence-corrected chi connectivity index (χ1v) is 7.12. The van der Waals surface area contributed by atoms with E-state index >= 15 is 0 Å². The largest absolute Gasteiger partial charge is 0.342 e. The highest BCUT2D eigenvalue weighted by Gasteiger charge is 2.28. The van der Waals surface area contributed by atoms with Crippen LogP contribution in [0, 0.1) is 5.92 Å². The fourth-order valence-corrected chi connectivity index (χ4v) is 3.29. The van der Waals surface area contributed by atoms with Crippen molar-refractivity contribution in [2.45, 2.75) is 49.8 Å². The van der Waals surface area contributed by atoms with Crippen molar-refractivity contribution in [2.24, 2.45) is 5.92 Å². The monoisotopic (exact) mass is 273 g/mol. The van der Waals surface area contributed by atoms with Crippen LogP contribution >= 0.6 is 15.9 Å². The van der Waals surface area contributed by atoms with E-state index in [0.29, 0.717) is 5.91 Å². The summed E-state index contributed by atoms with van der Waals surface area (Å²) in [5.41, 5.74) is 0. The lowest BCUT2D eigenvalue weighted by Crippen LogP contribution is -2.28. The van der Waals surface area contributed by atoms with Crippen molar-refractivity contribution in [3.05, 3.63) is 0 Å². The van der Waals surface area contributed by atoms with Gasteiger partial charge in [-0.05, 0) is 25.2 Å². The van der Waals surface area contributed by atoms with E-state index in [1.807, 2.05) is 4.90 Å². The third kappa shape index (κ3) is 2.96. The number of carbonyl (C=O) groups is 1. The van der Waals surface area contributed by atoms with Crippen LogP contribution in [-0.4, -0.2) is 28.7 Å². The summed E-state index contributed by atoms with van der Waals surface area (Å²) in [5.74, 6) is 1.27. The van der Waals surface area contributed by atoms with Crippen LogP contribution in [0.2, 0.25) is 0 Å². The van der Waals surface area contributed by atoms with Gasteiger partial charge in [-0.25, -0.2) is 0 Å². The van der Waals surface area contributed by atoms with Crippen LogP contribution in [0.15, 0.2) is 0 Å². The molecule has 1 heterocycles. The molecule has 1 aliphatic heterocycles. The molecule has 0 radical (unpaired) electrons. The zero-order valence-corrected chi connectivity index (χ0v) is 10.8. The molecule has 2 aliphatic rings. The van der Waals surface area contributed by atoms with E-state index in [4.69, 9.17) is 0 Å². The normalized spacial score (nSPS) is 27.9. The summed E-state index contributed by atoms with van der Waals surface area (Å²) >= 11 is 3.41. The summed E-state index contributed by atoms with van der Waals surface area (Å²) in [6.07, 6.45) is 9.23. The van der Waals surface area contributed by atoms with Gasteiger partial charge in [-0.1, -0.05) is 41.6 Å². The van der Waals surface area contributed by atoms with E-state index in [1.54, 1.807) is 0 Å². The maximum Gasteiger partial charge on any atom is 0.236 e. The third-order valence-electron chi connectivity index (χ3n) is 3.75. The molecule has 0 bridgehead atoms. The van der Waals surface area contributed by atoms with Gasteiger partial charge in [0, 0.05) is 13.1 Å². The van der Waals surface area contributed by atoms with E-state index in [9.17, 15) is 4.79 Å². The van der Waals surface area contributed by atoms with Crippen LogP contribution in [0.5, 0.6) is 0 Å². The second-order valence-electron chi connectivity index (χ2n) is 4.87. The van der Waals surface area contributed by atoms with Gasteiger partial charge < -0.3 is 4.90 Å². The predicted octanol–water partition coefficient (Wildman–Crippen LogP) is 2.95. The molecular formula is C12H20BrNO. The van der Waals surface area contributed by atoms with Crippen molar-refractivity contribution in [3.8, 4) is 0 Å². The molecule has 2 rings (SSSR count). The van der Waals surface area contributed by atoms with E-state index in [2.05, 4.69) is 15.9 Å². The summed E-state index contributed by atoms with van der Waals surface area (Å²) in [6.45, 7) is 1.94. The number of carbonyl (C=O) groups excluding carboxylic acids is 1. The minimum absolute atomic E-state index is 0.101. The molecule has 0 spiro atoms. The van der Waals surface area contributed by atoms with Crippen molar-refractivity contribution < 1.29 is 4.79 Å². The number of amides is 1. The molecule has 3 heteroatoms. The van der Waals surface area contributed by atoms with Gasteiger partial charge in [-0.2, -0.15) is 0 Å². The van der Waals surface area contributed by atoms with E-state index in [0.717, 1.165) is 25.4 Å². The molecule has 1 aliphatic carbocycles. The van der Waals surface area contributed by atoms with E-state index < -0.39 is 0 Å². The fraction of sp³-hybridized carbons (Fsp3) is 0.917. The van der Waals surface area contributed by atoms with Crippen LogP contribution in [0.3, 0.4) is 0 Å². The molecule has 0 aromatic heterocycles. The summed E-state index contributed by atoms with van der Waals surface area (Å²) in [6, 6.07) is 0. The first-order valence-electron chi connectivity index (χ1n) is 6.20. The molecule has 1 saturated carbocycles. The minimum Gasteiger partial charge on any atom is -0.342 e. The molecule has 86 valence electrons. The van der Waals surface area contributed by atoms with Gasteiger partial charge in [0.25, 0.3) is 0 Å². The smallest absolute Gasteiger partial charge is 0.236 e. The predicted molar refractivity (Wildman–Crippen MR) is 65.1 cm³/mol. The Morgan fingerprint density at radius 3 is 2.60 bits per heavy atom. The molecule has 1 amide bonds. The number of likely N-dealkylation sites (tertiary alicyclic amines) is 1. The van der Waals surface area contributed by atoms with Crippen LogP contribution < -0.4 is 0 Å². The van der Waals surface area contributed by atoms with Gasteiger partial charge in [-0.15, -0.1) is 0 Å². The average Bonchev–Trinajstić information content (AvgIpc) is 2.83. The molecule has 0 aromatic carbocycles. The lowest BCUT2D eigenvalue weighted by atomic mass is 10.0. The second-order valence-corrected chi connectivity index (χ2v) is 5.98. The maximum atomic E-state index is 11.6. The highest BCUT2D eigenvalue weighted by molar-refractivity contribution is 9.10. The summed E-state index contributed by atoms with van der Waals surface area (Å²) < 4.78 is 0. The first-order chi connectivity index (χ1) is 7.27. The minimum atomic E-state index is 0.101. The quantitative estimate of drug-likeness (QED) is 0.722. The molecule has 2 nitrogen and oxygen atoms in total. The summed E-state index contributed by atoms with van der Waals surface area (Å²) in [7, 11) is 0. The van der Waals surface area contributed by atoms with Crippen LogP contribution in [0.4, 0.5) is 0 Å². The molecular weight excluding hydrogens is 254 g/mol. The zero-order chi connectivity index (χ0) is 10.7. The Labute approximate surface area is 101 Å². The van der Waals surface area contributed by atoms with Crippen LogP contribution in [0.1, 0.15) is 44.9 Å². The van der Waals surface area contributed by atoms with Crippen LogP contribution in [0.25, 0.3) is 0 Å². The van der Waals surface area contributed by atoms with Crippen molar-refractivity contribution in [1.29, 1.82) is 0 Å². The number of alkyl halides is 1. The number of rotatable bonds is 4. The number of hydrogen-bond acceptors (Lipinski definition) is 1. The van der Waals surface area contributed by atoms with Gasteiger partial charge in [0.2, 0.25) is 5.91 Å². The van der Waals surface area contributed by atoms with Gasteiger partial charge >= 0.3 is 0 Å². The highest BCUT2D eigenvalue weighted by atomic mass is 79.9. The molecule has 0 N–H and O–H groups in total. The Kier molecular flexibility index (Phi) is 4.06. The molecule has 1 unspecified atom stereocenters. The molecule has 1 saturated heterocycles. The van der Waals surface area contributed by atoms with Gasteiger partial charge in [0.05, 0.1) is 4.83 Å². The van der Waals surface area contributed by atoms with Gasteiger partial charge in [0.15, 0.2) is 0 Å². The topological polar surface area (TPSA) is 20.3 Å².